The van der Waals surface area contributed by atoms with Gasteiger partial charge in [0.15, 0.2) is 0 Å². The van der Waals surface area contributed by atoms with Crippen molar-refractivity contribution in [2.45, 2.75) is 19.3 Å². The monoisotopic (exact) mass is 306 g/mol. The number of aryl methyl sites for hydroxylation is 1. The summed E-state index contributed by atoms with van der Waals surface area (Å²) in [4.78, 5) is 12.1. The van der Waals surface area contributed by atoms with Gasteiger partial charge in [-0.2, -0.15) is 0 Å². The van der Waals surface area contributed by atoms with Crippen molar-refractivity contribution >= 4 is 26.8 Å². The standard InChI is InChI=1S/C15H18N2O3S/c1-17-8-7-12-9-13(5-6-14(12)17)15(18)16-21(19,20)10-11-3-2-4-11/h5-9,11H,2-4,10H2,1H3,(H,16,18). The third-order valence-electron chi connectivity index (χ3n) is 4.08. The van der Waals surface area contributed by atoms with Crippen molar-refractivity contribution in [2.24, 2.45) is 13.0 Å². The minimum Gasteiger partial charge on any atom is -0.351 e. The summed E-state index contributed by atoms with van der Waals surface area (Å²) in [5.74, 6) is -0.307. The van der Waals surface area contributed by atoms with Crippen molar-refractivity contribution in [3.05, 3.63) is 36.0 Å². The van der Waals surface area contributed by atoms with Crippen molar-refractivity contribution in [3.8, 4) is 0 Å². The molecule has 0 saturated heterocycles. The zero-order valence-electron chi connectivity index (χ0n) is 11.9. The Kier molecular flexibility index (Phi) is 3.49. The molecule has 0 spiro atoms. The van der Waals surface area contributed by atoms with Crippen molar-refractivity contribution in [2.75, 3.05) is 5.75 Å². The van der Waals surface area contributed by atoms with Gasteiger partial charge in [0.2, 0.25) is 10.0 Å². The van der Waals surface area contributed by atoms with Crippen LogP contribution in [-0.2, 0) is 17.1 Å². The Morgan fingerprint density at radius 1 is 1.33 bits per heavy atom. The minimum atomic E-state index is -3.54. The highest BCUT2D eigenvalue weighted by Crippen LogP contribution is 2.27. The van der Waals surface area contributed by atoms with Crippen LogP contribution in [-0.4, -0.2) is 24.6 Å². The number of carbonyl (C=O) groups is 1. The second-order valence-corrected chi connectivity index (χ2v) is 7.48. The first kappa shape index (κ1) is 14.1. The molecule has 6 heteroatoms. The fourth-order valence-electron chi connectivity index (χ4n) is 2.63. The number of amides is 1. The van der Waals surface area contributed by atoms with Crippen LogP contribution in [0.2, 0.25) is 0 Å². The van der Waals surface area contributed by atoms with Gasteiger partial charge in [-0.25, -0.2) is 13.1 Å². The number of hydrogen-bond donors (Lipinski definition) is 1. The van der Waals surface area contributed by atoms with Crippen LogP contribution in [0.25, 0.3) is 10.9 Å². The zero-order chi connectivity index (χ0) is 15.0. The predicted octanol–water partition coefficient (Wildman–Crippen LogP) is 2.04. The molecular weight excluding hydrogens is 288 g/mol. The summed E-state index contributed by atoms with van der Waals surface area (Å²) in [6, 6.07) is 7.08. The molecule has 0 aliphatic heterocycles. The predicted molar refractivity (Wildman–Crippen MR) is 81.5 cm³/mol. The molecule has 3 rings (SSSR count). The molecule has 1 N–H and O–H groups in total. The third-order valence-corrected chi connectivity index (χ3v) is 5.48. The fourth-order valence-corrected chi connectivity index (χ4v) is 4.07. The Hall–Kier alpha value is -1.82. The Balaban J connectivity index is 1.76. The quantitative estimate of drug-likeness (QED) is 0.940. The van der Waals surface area contributed by atoms with Crippen LogP contribution in [0, 0.1) is 5.92 Å². The second kappa shape index (κ2) is 5.18. The third kappa shape index (κ3) is 2.95. The van der Waals surface area contributed by atoms with E-state index in [1.165, 1.54) is 0 Å². The molecule has 1 amide bonds. The fraction of sp³-hybridized carbons (Fsp3) is 0.400. The number of nitrogens with zero attached hydrogens (tertiary/aromatic N) is 1. The molecule has 1 aromatic carbocycles. The summed E-state index contributed by atoms with van der Waals surface area (Å²) < 4.78 is 28.0. The lowest BCUT2D eigenvalue weighted by Gasteiger charge is -2.24. The van der Waals surface area contributed by atoms with Crippen molar-refractivity contribution in [3.63, 3.8) is 0 Å². The Labute approximate surface area is 124 Å². The molecule has 2 aromatic rings. The number of nitrogens with one attached hydrogen (secondary N) is 1. The average Bonchev–Trinajstić information content (AvgIpc) is 2.75. The van der Waals surface area contributed by atoms with E-state index in [-0.39, 0.29) is 11.7 Å². The van der Waals surface area contributed by atoms with Crippen LogP contribution in [0.5, 0.6) is 0 Å². The van der Waals surface area contributed by atoms with Gasteiger partial charge in [0.1, 0.15) is 0 Å². The van der Waals surface area contributed by atoms with Gasteiger partial charge >= 0.3 is 0 Å². The summed E-state index contributed by atoms with van der Waals surface area (Å²) in [6.07, 6.45) is 4.86. The molecule has 1 aliphatic carbocycles. The molecule has 0 unspecified atom stereocenters. The van der Waals surface area contributed by atoms with Gasteiger partial charge in [-0.05, 0) is 43.0 Å². The summed E-state index contributed by atoms with van der Waals surface area (Å²) in [5, 5.41) is 0.918. The maximum atomic E-state index is 12.1. The van der Waals surface area contributed by atoms with E-state index in [0.29, 0.717) is 5.56 Å². The summed E-state index contributed by atoms with van der Waals surface area (Å²) in [6.45, 7) is 0. The summed E-state index contributed by atoms with van der Waals surface area (Å²) in [7, 11) is -1.62. The first-order valence-electron chi connectivity index (χ1n) is 7.04. The van der Waals surface area contributed by atoms with Crippen LogP contribution in [0.1, 0.15) is 29.6 Å². The van der Waals surface area contributed by atoms with E-state index in [0.717, 1.165) is 30.2 Å². The Morgan fingerprint density at radius 3 is 2.76 bits per heavy atom. The highest BCUT2D eigenvalue weighted by molar-refractivity contribution is 7.90. The second-order valence-electron chi connectivity index (χ2n) is 5.71. The average molecular weight is 306 g/mol. The van der Waals surface area contributed by atoms with E-state index in [9.17, 15) is 13.2 Å². The van der Waals surface area contributed by atoms with Gasteiger partial charge < -0.3 is 4.57 Å². The molecular formula is C15H18N2O3S. The van der Waals surface area contributed by atoms with Crippen LogP contribution in [0.3, 0.4) is 0 Å². The smallest absolute Gasteiger partial charge is 0.264 e. The van der Waals surface area contributed by atoms with Gasteiger partial charge in [-0.1, -0.05) is 6.42 Å². The van der Waals surface area contributed by atoms with Gasteiger partial charge in [0.25, 0.3) is 5.91 Å². The van der Waals surface area contributed by atoms with Crippen LogP contribution in [0.15, 0.2) is 30.5 Å². The minimum absolute atomic E-state index is 0.0479. The SMILES string of the molecule is Cn1ccc2cc(C(=O)NS(=O)(=O)CC3CCC3)ccc21. The molecule has 21 heavy (non-hydrogen) atoms. The number of aromatic nitrogens is 1. The molecule has 1 aliphatic rings. The molecule has 1 fully saturated rings. The van der Waals surface area contributed by atoms with E-state index >= 15 is 0 Å². The summed E-state index contributed by atoms with van der Waals surface area (Å²) in [5.41, 5.74) is 1.37. The number of rotatable bonds is 4. The molecule has 0 atom stereocenters. The van der Waals surface area contributed by atoms with Gasteiger partial charge in [0, 0.05) is 29.7 Å². The molecule has 0 radical (unpaired) electrons. The molecule has 1 saturated carbocycles. The van der Waals surface area contributed by atoms with E-state index < -0.39 is 15.9 Å². The maximum Gasteiger partial charge on any atom is 0.264 e. The number of hydrogen-bond acceptors (Lipinski definition) is 3. The van der Waals surface area contributed by atoms with E-state index in [4.69, 9.17) is 0 Å². The lowest BCUT2D eigenvalue weighted by molar-refractivity contribution is 0.0981. The lowest BCUT2D eigenvalue weighted by Crippen LogP contribution is -2.36. The Morgan fingerprint density at radius 2 is 2.10 bits per heavy atom. The van der Waals surface area contributed by atoms with E-state index in [1.807, 2.05) is 29.9 Å². The molecule has 0 bridgehead atoms. The largest absolute Gasteiger partial charge is 0.351 e. The first-order valence-corrected chi connectivity index (χ1v) is 8.70. The van der Waals surface area contributed by atoms with E-state index in [1.54, 1.807) is 12.1 Å². The van der Waals surface area contributed by atoms with Crippen LogP contribution < -0.4 is 4.72 Å². The molecule has 1 aromatic heterocycles. The lowest BCUT2D eigenvalue weighted by atomic mass is 9.87. The van der Waals surface area contributed by atoms with E-state index in [2.05, 4.69) is 4.72 Å². The van der Waals surface area contributed by atoms with Crippen molar-refractivity contribution in [1.29, 1.82) is 0 Å². The van der Waals surface area contributed by atoms with Crippen LogP contribution in [0.4, 0.5) is 0 Å². The highest BCUT2D eigenvalue weighted by Gasteiger charge is 2.26. The highest BCUT2D eigenvalue weighted by atomic mass is 32.2. The van der Waals surface area contributed by atoms with Crippen molar-refractivity contribution < 1.29 is 13.2 Å². The Bertz CT molecular complexity index is 788. The van der Waals surface area contributed by atoms with Gasteiger partial charge in [0.05, 0.1) is 5.75 Å². The topological polar surface area (TPSA) is 68.2 Å². The number of sulfonamides is 1. The van der Waals surface area contributed by atoms with Crippen LogP contribution >= 0.6 is 0 Å². The normalized spacial score (nSPS) is 15.9. The molecule has 1 heterocycles. The van der Waals surface area contributed by atoms with Crippen molar-refractivity contribution in [1.82, 2.24) is 9.29 Å². The maximum absolute atomic E-state index is 12.1. The number of carbonyl (C=O) groups excluding carboxylic acids is 1. The first-order chi connectivity index (χ1) is 9.94. The summed E-state index contributed by atoms with van der Waals surface area (Å²) >= 11 is 0. The molecule has 112 valence electrons. The van der Waals surface area contributed by atoms with Gasteiger partial charge in [-0.15, -0.1) is 0 Å². The number of fused-ring (bicyclic) bond motifs is 1. The number of benzene rings is 1. The molecule has 5 nitrogen and oxygen atoms in total. The zero-order valence-corrected chi connectivity index (χ0v) is 12.7. The van der Waals surface area contributed by atoms with Gasteiger partial charge in [-0.3, -0.25) is 4.79 Å².